The molecule has 0 radical (unpaired) electrons. The van der Waals surface area contributed by atoms with Crippen LogP contribution in [0, 0.1) is 0 Å². The summed E-state index contributed by atoms with van der Waals surface area (Å²) >= 11 is 0. The van der Waals surface area contributed by atoms with E-state index in [9.17, 15) is 0 Å². The lowest BCUT2D eigenvalue weighted by atomic mass is 10.1. The summed E-state index contributed by atoms with van der Waals surface area (Å²) < 4.78 is 23.4. The van der Waals surface area contributed by atoms with Gasteiger partial charge in [0.2, 0.25) is 0 Å². The third-order valence-electron chi connectivity index (χ3n) is 3.54. The van der Waals surface area contributed by atoms with Gasteiger partial charge in [-0.15, -0.1) is 6.58 Å². The van der Waals surface area contributed by atoms with E-state index in [1.165, 1.54) is 0 Å². The van der Waals surface area contributed by atoms with Gasteiger partial charge in [-0.3, -0.25) is 0 Å². The highest BCUT2D eigenvalue weighted by Gasteiger charge is 2.54. The van der Waals surface area contributed by atoms with Gasteiger partial charge in [-0.2, -0.15) is 0 Å². The summed E-state index contributed by atoms with van der Waals surface area (Å²) in [5.74, 6) is -0.629. The summed E-state index contributed by atoms with van der Waals surface area (Å²) in [5.41, 5.74) is 1.12. The van der Waals surface area contributed by atoms with Crippen molar-refractivity contribution in [2.24, 2.45) is 0 Å². The third-order valence-corrected chi connectivity index (χ3v) is 3.54. The molecule has 3 rings (SSSR count). The predicted molar refractivity (Wildman–Crippen MR) is 73.9 cm³/mol. The van der Waals surface area contributed by atoms with Crippen molar-refractivity contribution in [2.75, 3.05) is 0 Å². The average molecular weight is 276 g/mol. The first kappa shape index (κ1) is 13.8. The van der Waals surface area contributed by atoms with Crippen molar-refractivity contribution in [1.82, 2.24) is 0 Å². The van der Waals surface area contributed by atoms with E-state index >= 15 is 0 Å². The zero-order chi connectivity index (χ0) is 14.2. The van der Waals surface area contributed by atoms with Crippen LogP contribution in [0.4, 0.5) is 0 Å². The summed E-state index contributed by atoms with van der Waals surface area (Å²) in [6.07, 6.45) is 0.753. The molecule has 0 spiro atoms. The van der Waals surface area contributed by atoms with E-state index in [4.69, 9.17) is 18.9 Å². The van der Waals surface area contributed by atoms with Crippen LogP contribution in [0.15, 0.2) is 43.0 Å². The van der Waals surface area contributed by atoms with Gasteiger partial charge < -0.3 is 18.9 Å². The summed E-state index contributed by atoms with van der Waals surface area (Å²) in [6.45, 7) is 8.08. The molecule has 4 nitrogen and oxygen atoms in total. The van der Waals surface area contributed by atoms with Gasteiger partial charge in [0.15, 0.2) is 12.1 Å². The van der Waals surface area contributed by atoms with Crippen molar-refractivity contribution < 1.29 is 18.9 Å². The summed E-state index contributed by atoms with van der Waals surface area (Å²) in [7, 11) is 0. The van der Waals surface area contributed by atoms with Crippen molar-refractivity contribution in [3.05, 3.63) is 48.6 Å². The van der Waals surface area contributed by atoms with Crippen LogP contribution in [0.25, 0.3) is 0 Å². The third kappa shape index (κ3) is 2.65. The number of hydrogen-bond donors (Lipinski definition) is 0. The van der Waals surface area contributed by atoms with E-state index in [2.05, 4.69) is 6.58 Å². The predicted octanol–water partition coefficient (Wildman–Crippen LogP) is 2.63. The molecule has 4 heteroatoms. The van der Waals surface area contributed by atoms with E-state index in [1.807, 2.05) is 44.2 Å². The summed E-state index contributed by atoms with van der Waals surface area (Å²) in [4.78, 5) is 0. The van der Waals surface area contributed by atoms with Crippen molar-refractivity contribution in [2.45, 2.75) is 50.8 Å². The highest BCUT2D eigenvalue weighted by Crippen LogP contribution is 2.39. The molecule has 1 aromatic carbocycles. The van der Waals surface area contributed by atoms with Crippen LogP contribution in [-0.2, 0) is 25.6 Å². The van der Waals surface area contributed by atoms with Gasteiger partial charge in [-0.05, 0) is 19.4 Å². The first-order valence-electron chi connectivity index (χ1n) is 6.88. The molecule has 108 valence electrons. The Morgan fingerprint density at radius 3 is 2.70 bits per heavy atom. The molecule has 0 aromatic heterocycles. The van der Waals surface area contributed by atoms with Crippen LogP contribution in [0.3, 0.4) is 0 Å². The second-order valence-corrected chi connectivity index (χ2v) is 5.57. The van der Waals surface area contributed by atoms with Gasteiger partial charge in [-0.25, -0.2) is 0 Å². The Balaban J connectivity index is 1.68. The van der Waals surface area contributed by atoms with Crippen LogP contribution in [0.5, 0.6) is 0 Å². The lowest BCUT2D eigenvalue weighted by Crippen LogP contribution is -2.35. The number of rotatable bonds is 4. The van der Waals surface area contributed by atoms with Crippen molar-refractivity contribution in [1.29, 1.82) is 0 Å². The van der Waals surface area contributed by atoms with Crippen LogP contribution >= 0.6 is 0 Å². The topological polar surface area (TPSA) is 36.9 Å². The molecule has 2 fully saturated rings. The molecule has 1 aromatic rings. The highest BCUT2D eigenvalue weighted by atomic mass is 16.8. The average Bonchev–Trinajstić information content (AvgIpc) is 2.89. The molecular formula is C16H20O4. The smallest absolute Gasteiger partial charge is 0.190 e. The molecular weight excluding hydrogens is 256 g/mol. The maximum atomic E-state index is 6.00. The van der Waals surface area contributed by atoms with E-state index in [1.54, 1.807) is 6.08 Å². The molecule has 0 N–H and O–H groups in total. The molecule has 2 heterocycles. The lowest BCUT2D eigenvalue weighted by Gasteiger charge is -2.24. The first-order valence-corrected chi connectivity index (χ1v) is 6.88. The van der Waals surface area contributed by atoms with E-state index in [0.29, 0.717) is 6.61 Å². The Kier molecular flexibility index (Phi) is 3.65. The minimum Gasteiger partial charge on any atom is -0.368 e. The zero-order valence-electron chi connectivity index (χ0n) is 11.8. The van der Waals surface area contributed by atoms with E-state index < -0.39 is 5.79 Å². The highest BCUT2D eigenvalue weighted by molar-refractivity contribution is 5.13. The Bertz CT molecular complexity index is 471. The monoisotopic (exact) mass is 276 g/mol. The standard InChI is InChI=1S/C16H20O4/c1-4-12-13(17-10-11-8-6-5-7-9-11)14-15(18-12)20-16(2,3)19-14/h4-9,12-15H,1,10H2,2-3H3/t12-,13-,14-,15-/m1/s1. The van der Waals surface area contributed by atoms with E-state index in [0.717, 1.165) is 5.56 Å². The van der Waals surface area contributed by atoms with Crippen LogP contribution in [-0.4, -0.2) is 30.4 Å². The Hall–Kier alpha value is -1.20. The molecule has 0 saturated carbocycles. The molecule has 2 aliphatic heterocycles. The minimum absolute atomic E-state index is 0.195. The largest absolute Gasteiger partial charge is 0.368 e. The quantitative estimate of drug-likeness (QED) is 0.792. The second-order valence-electron chi connectivity index (χ2n) is 5.57. The molecule has 2 saturated heterocycles. The Morgan fingerprint density at radius 2 is 2.00 bits per heavy atom. The maximum Gasteiger partial charge on any atom is 0.190 e. The van der Waals surface area contributed by atoms with Gasteiger partial charge in [0.25, 0.3) is 0 Å². The Morgan fingerprint density at radius 1 is 1.25 bits per heavy atom. The second kappa shape index (κ2) is 5.30. The number of benzene rings is 1. The number of fused-ring (bicyclic) bond motifs is 1. The zero-order valence-corrected chi connectivity index (χ0v) is 11.8. The molecule has 0 unspecified atom stereocenters. The summed E-state index contributed by atoms with van der Waals surface area (Å²) in [6, 6.07) is 10.0. The molecule has 0 aliphatic carbocycles. The molecule has 0 amide bonds. The van der Waals surface area contributed by atoms with Gasteiger partial charge in [0.05, 0.1) is 6.61 Å². The van der Waals surface area contributed by atoms with Gasteiger partial charge >= 0.3 is 0 Å². The van der Waals surface area contributed by atoms with Gasteiger partial charge in [0, 0.05) is 0 Å². The molecule has 0 bridgehead atoms. The maximum absolute atomic E-state index is 6.00. The molecule has 20 heavy (non-hydrogen) atoms. The van der Waals surface area contributed by atoms with Crippen LogP contribution in [0.1, 0.15) is 19.4 Å². The lowest BCUT2D eigenvalue weighted by molar-refractivity contribution is -0.213. The van der Waals surface area contributed by atoms with E-state index in [-0.39, 0.29) is 24.6 Å². The van der Waals surface area contributed by atoms with Crippen LogP contribution in [0.2, 0.25) is 0 Å². The Labute approximate surface area is 119 Å². The number of ether oxygens (including phenoxy) is 4. The molecule has 4 atom stereocenters. The SMILES string of the molecule is C=C[C@H]1O[C@@H]2OC(C)(C)O[C@@H]2[C@@H]1OCc1ccccc1. The fraction of sp³-hybridized carbons (Fsp3) is 0.500. The fourth-order valence-electron chi connectivity index (χ4n) is 2.65. The summed E-state index contributed by atoms with van der Waals surface area (Å²) in [5, 5.41) is 0. The number of hydrogen-bond acceptors (Lipinski definition) is 4. The normalized spacial score (nSPS) is 34.9. The van der Waals surface area contributed by atoms with Gasteiger partial charge in [-0.1, -0.05) is 36.4 Å². The van der Waals surface area contributed by atoms with Crippen molar-refractivity contribution >= 4 is 0 Å². The minimum atomic E-state index is -0.629. The van der Waals surface area contributed by atoms with Crippen molar-refractivity contribution in [3.8, 4) is 0 Å². The van der Waals surface area contributed by atoms with Gasteiger partial charge in [0.1, 0.15) is 18.3 Å². The van der Waals surface area contributed by atoms with Crippen molar-refractivity contribution in [3.63, 3.8) is 0 Å². The first-order chi connectivity index (χ1) is 9.59. The fourth-order valence-corrected chi connectivity index (χ4v) is 2.65. The van der Waals surface area contributed by atoms with Crippen LogP contribution < -0.4 is 0 Å². The molecule has 2 aliphatic rings.